The SMILES string of the molecule is O=C(NCc1cccnc1)c1ccc(-c2ccccc2)nc1NCc1ccccc1. The number of aromatic nitrogens is 2. The molecule has 0 radical (unpaired) electrons. The lowest BCUT2D eigenvalue weighted by Crippen LogP contribution is -2.24. The Labute approximate surface area is 175 Å². The number of carbonyl (C=O) groups excluding carboxylic acids is 1. The first-order valence-corrected chi connectivity index (χ1v) is 9.81. The van der Waals surface area contributed by atoms with E-state index in [2.05, 4.69) is 15.6 Å². The topological polar surface area (TPSA) is 66.9 Å². The van der Waals surface area contributed by atoms with E-state index in [-0.39, 0.29) is 5.91 Å². The molecule has 4 rings (SSSR count). The summed E-state index contributed by atoms with van der Waals surface area (Å²) in [6.07, 6.45) is 3.45. The summed E-state index contributed by atoms with van der Waals surface area (Å²) in [6, 6.07) is 27.5. The van der Waals surface area contributed by atoms with Gasteiger partial charge in [-0.15, -0.1) is 0 Å². The van der Waals surface area contributed by atoms with Gasteiger partial charge in [0, 0.05) is 31.0 Å². The number of pyridine rings is 2. The van der Waals surface area contributed by atoms with Crippen molar-refractivity contribution in [2.75, 3.05) is 5.32 Å². The molecule has 0 unspecified atom stereocenters. The third kappa shape index (κ3) is 4.89. The van der Waals surface area contributed by atoms with Crippen molar-refractivity contribution in [2.24, 2.45) is 0 Å². The van der Waals surface area contributed by atoms with Crippen LogP contribution in [0.5, 0.6) is 0 Å². The van der Waals surface area contributed by atoms with Gasteiger partial charge in [-0.25, -0.2) is 4.98 Å². The molecule has 0 fully saturated rings. The van der Waals surface area contributed by atoms with Gasteiger partial charge >= 0.3 is 0 Å². The summed E-state index contributed by atoms with van der Waals surface area (Å²) < 4.78 is 0. The fourth-order valence-electron chi connectivity index (χ4n) is 3.11. The van der Waals surface area contributed by atoms with Crippen LogP contribution in [0.3, 0.4) is 0 Å². The summed E-state index contributed by atoms with van der Waals surface area (Å²) in [5.74, 6) is 0.380. The van der Waals surface area contributed by atoms with Crippen LogP contribution in [0.4, 0.5) is 5.82 Å². The maximum Gasteiger partial charge on any atom is 0.255 e. The Morgan fingerprint density at radius 2 is 1.50 bits per heavy atom. The maximum absolute atomic E-state index is 12.9. The van der Waals surface area contributed by atoms with Crippen molar-refractivity contribution in [3.8, 4) is 11.3 Å². The Kier molecular flexibility index (Phi) is 6.11. The van der Waals surface area contributed by atoms with Crippen LogP contribution in [0.15, 0.2) is 97.3 Å². The molecule has 0 aliphatic carbocycles. The standard InChI is InChI=1S/C25H22N4O/c30-25(28-18-20-10-7-15-26-16-20)22-13-14-23(21-11-5-2-6-12-21)29-24(22)27-17-19-8-3-1-4-9-19/h1-16H,17-18H2,(H,27,29)(H,28,30). The smallest absolute Gasteiger partial charge is 0.255 e. The Hall–Kier alpha value is -3.99. The van der Waals surface area contributed by atoms with Crippen molar-refractivity contribution >= 4 is 11.7 Å². The Morgan fingerprint density at radius 1 is 0.767 bits per heavy atom. The molecule has 0 saturated heterocycles. The van der Waals surface area contributed by atoms with Gasteiger partial charge in [-0.2, -0.15) is 0 Å². The predicted octanol–water partition coefficient (Wildman–Crippen LogP) is 4.69. The van der Waals surface area contributed by atoms with Crippen LogP contribution in [-0.2, 0) is 13.1 Å². The minimum atomic E-state index is -0.179. The van der Waals surface area contributed by atoms with E-state index in [0.717, 1.165) is 22.4 Å². The molecule has 2 heterocycles. The Bertz CT molecular complexity index is 1100. The largest absolute Gasteiger partial charge is 0.365 e. The molecule has 2 N–H and O–H groups in total. The van der Waals surface area contributed by atoms with E-state index >= 15 is 0 Å². The zero-order valence-electron chi connectivity index (χ0n) is 16.5. The van der Waals surface area contributed by atoms with E-state index in [0.29, 0.717) is 24.5 Å². The van der Waals surface area contributed by atoms with Crippen LogP contribution in [0.1, 0.15) is 21.5 Å². The summed E-state index contributed by atoms with van der Waals surface area (Å²) >= 11 is 0. The predicted molar refractivity (Wildman–Crippen MR) is 119 cm³/mol. The van der Waals surface area contributed by atoms with Crippen LogP contribution >= 0.6 is 0 Å². The number of hydrogen-bond acceptors (Lipinski definition) is 4. The van der Waals surface area contributed by atoms with Crippen molar-refractivity contribution in [1.29, 1.82) is 0 Å². The van der Waals surface area contributed by atoms with E-state index in [1.165, 1.54) is 0 Å². The number of nitrogens with zero attached hydrogens (tertiary/aromatic N) is 2. The summed E-state index contributed by atoms with van der Waals surface area (Å²) in [5, 5.41) is 6.29. The third-order valence-corrected chi connectivity index (χ3v) is 4.69. The van der Waals surface area contributed by atoms with Gasteiger partial charge in [0.15, 0.2) is 0 Å². The monoisotopic (exact) mass is 394 g/mol. The average Bonchev–Trinajstić information content (AvgIpc) is 2.83. The van der Waals surface area contributed by atoms with E-state index in [9.17, 15) is 4.79 Å². The maximum atomic E-state index is 12.9. The molecular weight excluding hydrogens is 372 g/mol. The molecule has 5 heteroatoms. The fourth-order valence-corrected chi connectivity index (χ4v) is 3.11. The second kappa shape index (κ2) is 9.47. The first-order chi connectivity index (χ1) is 14.8. The Balaban J connectivity index is 1.58. The van der Waals surface area contributed by atoms with Gasteiger partial charge in [-0.1, -0.05) is 66.7 Å². The third-order valence-electron chi connectivity index (χ3n) is 4.69. The molecule has 0 aliphatic rings. The molecule has 2 aromatic carbocycles. The van der Waals surface area contributed by atoms with Gasteiger partial charge in [0.2, 0.25) is 0 Å². The van der Waals surface area contributed by atoms with E-state index in [4.69, 9.17) is 4.98 Å². The molecular formula is C25H22N4O. The normalized spacial score (nSPS) is 10.4. The van der Waals surface area contributed by atoms with Crippen molar-refractivity contribution in [2.45, 2.75) is 13.1 Å². The molecule has 0 atom stereocenters. The number of carbonyl (C=O) groups is 1. The highest BCUT2D eigenvalue weighted by Gasteiger charge is 2.14. The molecule has 0 spiro atoms. The Morgan fingerprint density at radius 3 is 2.23 bits per heavy atom. The van der Waals surface area contributed by atoms with Crippen molar-refractivity contribution in [3.05, 3.63) is 114 Å². The minimum Gasteiger partial charge on any atom is -0.365 e. The highest BCUT2D eigenvalue weighted by atomic mass is 16.1. The highest BCUT2D eigenvalue weighted by Crippen LogP contribution is 2.22. The fraction of sp³-hybridized carbons (Fsp3) is 0.0800. The molecule has 0 bridgehead atoms. The van der Waals surface area contributed by atoms with Crippen molar-refractivity contribution in [1.82, 2.24) is 15.3 Å². The van der Waals surface area contributed by atoms with Crippen LogP contribution in [0.25, 0.3) is 11.3 Å². The lowest BCUT2D eigenvalue weighted by Gasteiger charge is -2.13. The molecule has 0 saturated carbocycles. The molecule has 4 aromatic rings. The number of nitrogens with one attached hydrogen (secondary N) is 2. The summed E-state index contributed by atoms with van der Waals surface area (Å²) in [4.78, 5) is 21.7. The van der Waals surface area contributed by atoms with Gasteiger partial charge in [0.25, 0.3) is 5.91 Å². The van der Waals surface area contributed by atoms with Gasteiger partial charge < -0.3 is 10.6 Å². The lowest BCUT2D eigenvalue weighted by molar-refractivity contribution is 0.0951. The number of amides is 1. The molecule has 2 aromatic heterocycles. The molecule has 0 aliphatic heterocycles. The number of hydrogen-bond donors (Lipinski definition) is 2. The van der Waals surface area contributed by atoms with Gasteiger partial charge in [0.05, 0.1) is 11.3 Å². The molecule has 30 heavy (non-hydrogen) atoms. The van der Waals surface area contributed by atoms with Crippen LogP contribution in [-0.4, -0.2) is 15.9 Å². The number of benzene rings is 2. The quantitative estimate of drug-likeness (QED) is 0.477. The lowest BCUT2D eigenvalue weighted by atomic mass is 10.1. The van der Waals surface area contributed by atoms with Gasteiger partial charge in [-0.3, -0.25) is 9.78 Å². The first kappa shape index (κ1) is 19.3. The summed E-state index contributed by atoms with van der Waals surface area (Å²) in [5.41, 5.74) is 4.39. The molecule has 5 nitrogen and oxygen atoms in total. The van der Waals surface area contributed by atoms with Crippen LogP contribution in [0.2, 0.25) is 0 Å². The number of rotatable bonds is 7. The molecule has 148 valence electrons. The second-order valence-corrected chi connectivity index (χ2v) is 6.84. The van der Waals surface area contributed by atoms with E-state index in [1.807, 2.05) is 84.9 Å². The highest BCUT2D eigenvalue weighted by molar-refractivity contribution is 5.99. The first-order valence-electron chi connectivity index (χ1n) is 9.81. The van der Waals surface area contributed by atoms with Crippen LogP contribution < -0.4 is 10.6 Å². The average molecular weight is 394 g/mol. The van der Waals surface area contributed by atoms with Crippen LogP contribution in [0, 0.1) is 0 Å². The van der Waals surface area contributed by atoms with Crippen molar-refractivity contribution in [3.63, 3.8) is 0 Å². The molecule has 1 amide bonds. The summed E-state index contributed by atoms with van der Waals surface area (Å²) in [6.45, 7) is 0.986. The zero-order valence-corrected chi connectivity index (χ0v) is 16.5. The zero-order chi connectivity index (χ0) is 20.6. The minimum absolute atomic E-state index is 0.179. The van der Waals surface area contributed by atoms with E-state index in [1.54, 1.807) is 12.4 Å². The van der Waals surface area contributed by atoms with Gasteiger partial charge in [0.1, 0.15) is 5.82 Å². The second-order valence-electron chi connectivity index (χ2n) is 6.84. The number of anilines is 1. The van der Waals surface area contributed by atoms with E-state index < -0.39 is 0 Å². The van der Waals surface area contributed by atoms with Gasteiger partial charge in [-0.05, 0) is 29.3 Å². The summed E-state index contributed by atoms with van der Waals surface area (Å²) in [7, 11) is 0. The van der Waals surface area contributed by atoms with Crippen molar-refractivity contribution < 1.29 is 4.79 Å².